The number of amides is 1. The van der Waals surface area contributed by atoms with E-state index in [1.165, 1.54) is 29.6 Å². The normalized spacial score (nSPS) is 14.2. The Morgan fingerprint density at radius 3 is 2.24 bits per heavy atom. The number of carbonyl (C=O) groups is 1. The molecule has 1 saturated heterocycles. The van der Waals surface area contributed by atoms with Crippen LogP contribution in [0.4, 0.5) is 19.3 Å². The molecule has 1 amide bonds. The van der Waals surface area contributed by atoms with Crippen LogP contribution in [0.1, 0.15) is 28.3 Å². The number of nitrogens with zero attached hydrogens (tertiary/aromatic N) is 2. The van der Waals surface area contributed by atoms with Crippen LogP contribution in [0.2, 0.25) is 5.02 Å². The molecule has 5 nitrogen and oxygen atoms in total. The standard InChI is InChI=1S/C33H32ClF2N3O2S/c1-23-7-9-25(10-8-23)32(26-11-13-27(34)14-12-26)38-20-31(21-38)39(30-18-28(35)17-29(36)19-30)42-16-15-37-33(40)41-22-24-5-3-2-4-6-24/h2-14,17-19,31-32H,15-16,20-22H2,1H3,(H,37,40). The molecule has 1 aliphatic heterocycles. The number of halogens is 3. The molecule has 1 heterocycles. The molecule has 5 rings (SSSR count). The van der Waals surface area contributed by atoms with Crippen LogP contribution in [-0.2, 0) is 11.3 Å². The minimum Gasteiger partial charge on any atom is -0.445 e. The summed E-state index contributed by atoms with van der Waals surface area (Å²) in [6, 6.07) is 29.4. The van der Waals surface area contributed by atoms with E-state index in [2.05, 4.69) is 41.4 Å². The largest absolute Gasteiger partial charge is 0.445 e. The zero-order valence-electron chi connectivity index (χ0n) is 23.2. The first-order valence-corrected chi connectivity index (χ1v) is 15.1. The van der Waals surface area contributed by atoms with Crippen molar-refractivity contribution in [3.8, 4) is 0 Å². The zero-order chi connectivity index (χ0) is 29.5. The van der Waals surface area contributed by atoms with Crippen molar-refractivity contribution in [1.82, 2.24) is 10.2 Å². The highest BCUT2D eigenvalue weighted by atomic mass is 35.5. The lowest BCUT2D eigenvalue weighted by Gasteiger charge is -2.49. The number of ether oxygens (including phenoxy) is 1. The average molecular weight is 608 g/mol. The fourth-order valence-corrected chi connectivity index (χ4v) is 6.10. The summed E-state index contributed by atoms with van der Waals surface area (Å²) in [6.45, 7) is 3.94. The Morgan fingerprint density at radius 1 is 0.976 bits per heavy atom. The van der Waals surface area contributed by atoms with Crippen molar-refractivity contribution in [2.45, 2.75) is 25.6 Å². The molecule has 0 bridgehead atoms. The molecule has 1 aliphatic rings. The third-order valence-electron chi connectivity index (χ3n) is 7.08. The average Bonchev–Trinajstić information content (AvgIpc) is 2.96. The van der Waals surface area contributed by atoms with Gasteiger partial charge in [0.15, 0.2) is 0 Å². The lowest BCUT2D eigenvalue weighted by molar-refractivity contribution is 0.117. The van der Waals surface area contributed by atoms with Crippen molar-refractivity contribution in [3.63, 3.8) is 0 Å². The van der Waals surface area contributed by atoms with Gasteiger partial charge < -0.3 is 14.4 Å². The van der Waals surface area contributed by atoms with Gasteiger partial charge in [0, 0.05) is 36.5 Å². The summed E-state index contributed by atoms with van der Waals surface area (Å²) in [5, 5.41) is 3.44. The third-order valence-corrected chi connectivity index (χ3v) is 8.51. The first-order valence-electron chi connectivity index (χ1n) is 13.7. The third kappa shape index (κ3) is 7.82. The van der Waals surface area contributed by atoms with E-state index < -0.39 is 17.7 Å². The number of alkyl carbamates (subject to hydrolysis) is 1. The van der Waals surface area contributed by atoms with Crippen molar-refractivity contribution >= 4 is 35.3 Å². The minimum atomic E-state index is -0.631. The molecule has 0 spiro atoms. The Kier molecular flexibility index (Phi) is 10.00. The number of likely N-dealkylation sites (tertiary alicyclic amines) is 1. The predicted octanol–water partition coefficient (Wildman–Crippen LogP) is 7.78. The first-order chi connectivity index (χ1) is 20.4. The number of hydrogen-bond acceptors (Lipinski definition) is 5. The van der Waals surface area contributed by atoms with Gasteiger partial charge in [0.1, 0.15) is 18.2 Å². The summed E-state index contributed by atoms with van der Waals surface area (Å²) >= 11 is 7.60. The molecular weight excluding hydrogens is 576 g/mol. The smallest absolute Gasteiger partial charge is 0.407 e. The Bertz CT molecular complexity index is 1400. The number of hydrogen-bond donors (Lipinski definition) is 1. The van der Waals surface area contributed by atoms with E-state index in [1.807, 2.05) is 58.9 Å². The zero-order valence-corrected chi connectivity index (χ0v) is 24.8. The van der Waals surface area contributed by atoms with Gasteiger partial charge in [0.2, 0.25) is 0 Å². The van der Waals surface area contributed by atoms with Gasteiger partial charge >= 0.3 is 6.09 Å². The van der Waals surface area contributed by atoms with Gasteiger partial charge in [-0.1, -0.05) is 83.9 Å². The Hall–Kier alpha value is -3.59. The number of nitrogens with one attached hydrogen (secondary N) is 1. The highest BCUT2D eigenvalue weighted by Gasteiger charge is 2.38. The number of rotatable bonds is 11. The van der Waals surface area contributed by atoms with E-state index >= 15 is 0 Å². The van der Waals surface area contributed by atoms with Crippen molar-refractivity contribution < 1.29 is 18.3 Å². The molecule has 1 fully saturated rings. The van der Waals surface area contributed by atoms with Crippen LogP contribution in [0.25, 0.3) is 0 Å². The lowest BCUT2D eigenvalue weighted by Crippen LogP contribution is -2.59. The van der Waals surface area contributed by atoms with Crippen molar-refractivity contribution in [2.24, 2.45) is 0 Å². The second kappa shape index (κ2) is 14.1. The molecule has 0 aromatic heterocycles. The van der Waals surface area contributed by atoms with E-state index in [0.717, 1.165) is 22.8 Å². The molecular formula is C33H32ClF2N3O2S. The predicted molar refractivity (Wildman–Crippen MR) is 166 cm³/mol. The second-order valence-electron chi connectivity index (χ2n) is 10.2. The van der Waals surface area contributed by atoms with Crippen LogP contribution < -0.4 is 9.62 Å². The first kappa shape index (κ1) is 29.9. The summed E-state index contributed by atoms with van der Waals surface area (Å²) in [4.78, 5) is 14.5. The number of benzene rings is 4. The molecule has 9 heteroatoms. The van der Waals surface area contributed by atoms with Crippen LogP contribution in [0.3, 0.4) is 0 Å². The van der Waals surface area contributed by atoms with Crippen molar-refractivity contribution in [2.75, 3.05) is 29.7 Å². The van der Waals surface area contributed by atoms with Gasteiger partial charge in [0.05, 0.1) is 17.8 Å². The molecule has 1 unspecified atom stereocenters. The van der Waals surface area contributed by atoms with Gasteiger partial charge in [-0.2, -0.15) is 0 Å². The topological polar surface area (TPSA) is 44.8 Å². The van der Waals surface area contributed by atoms with E-state index in [4.69, 9.17) is 16.3 Å². The van der Waals surface area contributed by atoms with Crippen LogP contribution in [0.5, 0.6) is 0 Å². The molecule has 0 saturated carbocycles. The molecule has 0 aliphatic carbocycles. The quantitative estimate of drug-likeness (QED) is 0.139. The van der Waals surface area contributed by atoms with Gasteiger partial charge in [-0.25, -0.2) is 13.6 Å². The molecule has 218 valence electrons. The van der Waals surface area contributed by atoms with E-state index in [0.29, 0.717) is 36.1 Å². The molecule has 42 heavy (non-hydrogen) atoms. The van der Waals surface area contributed by atoms with Gasteiger partial charge in [-0.05, 0) is 59.8 Å². The van der Waals surface area contributed by atoms with E-state index in [1.54, 1.807) is 0 Å². The molecule has 4 aromatic carbocycles. The Labute approximate surface area is 254 Å². The van der Waals surface area contributed by atoms with Gasteiger partial charge in [-0.3, -0.25) is 4.90 Å². The maximum absolute atomic E-state index is 14.2. The molecule has 0 radical (unpaired) electrons. The summed E-state index contributed by atoms with van der Waals surface area (Å²) in [5.41, 5.74) is 4.82. The summed E-state index contributed by atoms with van der Waals surface area (Å²) < 4.78 is 35.7. The van der Waals surface area contributed by atoms with Crippen LogP contribution >= 0.6 is 23.5 Å². The van der Waals surface area contributed by atoms with Crippen LogP contribution in [0, 0.1) is 18.6 Å². The SMILES string of the molecule is Cc1ccc(C(c2ccc(Cl)cc2)N2CC(N(SCCNC(=O)OCc3ccccc3)c3cc(F)cc(F)c3)C2)cc1. The van der Waals surface area contributed by atoms with E-state index in [-0.39, 0.29) is 18.7 Å². The fraction of sp³-hybridized carbons (Fsp3) is 0.242. The Morgan fingerprint density at radius 2 is 1.60 bits per heavy atom. The highest BCUT2D eigenvalue weighted by molar-refractivity contribution is 8.00. The van der Waals surface area contributed by atoms with Crippen molar-refractivity contribution in [1.29, 1.82) is 0 Å². The number of aryl methyl sites for hydroxylation is 1. The Balaban J connectivity index is 1.25. The summed E-state index contributed by atoms with van der Waals surface area (Å²) in [5.74, 6) is -0.769. The molecule has 1 atom stereocenters. The monoisotopic (exact) mass is 607 g/mol. The second-order valence-corrected chi connectivity index (χ2v) is 11.7. The number of anilines is 1. The maximum atomic E-state index is 14.2. The number of carbonyl (C=O) groups excluding carboxylic acids is 1. The van der Waals surface area contributed by atoms with Gasteiger partial charge in [0.25, 0.3) is 0 Å². The minimum absolute atomic E-state index is 0.00137. The summed E-state index contributed by atoms with van der Waals surface area (Å²) in [7, 11) is 0. The molecule has 4 aromatic rings. The van der Waals surface area contributed by atoms with Crippen LogP contribution in [0.15, 0.2) is 97.1 Å². The van der Waals surface area contributed by atoms with E-state index in [9.17, 15) is 13.6 Å². The lowest BCUT2D eigenvalue weighted by atomic mass is 9.92. The summed E-state index contributed by atoms with van der Waals surface area (Å²) in [6.07, 6.45) is -0.512. The van der Waals surface area contributed by atoms with Crippen LogP contribution in [-0.4, -0.2) is 42.4 Å². The fourth-order valence-electron chi connectivity index (χ4n) is 4.98. The van der Waals surface area contributed by atoms with Crippen molar-refractivity contribution in [3.05, 3.63) is 136 Å². The molecule has 1 N–H and O–H groups in total. The maximum Gasteiger partial charge on any atom is 0.407 e. The van der Waals surface area contributed by atoms with Gasteiger partial charge in [-0.15, -0.1) is 0 Å². The highest BCUT2D eigenvalue weighted by Crippen LogP contribution is 2.38.